The molecule has 2 heterocycles. The summed E-state index contributed by atoms with van der Waals surface area (Å²) in [6.07, 6.45) is 5.18. The van der Waals surface area contributed by atoms with Crippen molar-refractivity contribution in [3.05, 3.63) is 95.6 Å². The van der Waals surface area contributed by atoms with Crippen LogP contribution in [0.3, 0.4) is 0 Å². The summed E-state index contributed by atoms with van der Waals surface area (Å²) in [6, 6.07) is 10.4. The SMILES string of the molecule is C=CC[C@]1([C@@H](NC(=O)c2cccc(C(F)(F)F)c2Cl)c2cccc(-c3cncnc3)c2)CCCCN1. The van der Waals surface area contributed by atoms with Crippen molar-refractivity contribution in [3.63, 3.8) is 0 Å². The first kappa shape index (κ1) is 25.9. The number of rotatable bonds is 7. The number of carbonyl (C=O) groups excluding carboxylic acids is 1. The molecule has 1 aromatic heterocycles. The Hall–Kier alpha value is -3.23. The Morgan fingerprint density at radius 2 is 1.92 bits per heavy atom. The number of alkyl halides is 3. The zero-order valence-corrected chi connectivity index (χ0v) is 20.2. The molecule has 0 radical (unpaired) electrons. The minimum atomic E-state index is -4.67. The van der Waals surface area contributed by atoms with Crippen molar-refractivity contribution in [2.75, 3.05) is 6.54 Å². The summed E-state index contributed by atoms with van der Waals surface area (Å²) >= 11 is 6.08. The Balaban J connectivity index is 1.78. The van der Waals surface area contributed by atoms with Crippen molar-refractivity contribution >= 4 is 17.5 Å². The number of benzene rings is 2. The fraction of sp³-hybridized carbons (Fsp3) is 0.296. The van der Waals surface area contributed by atoms with Gasteiger partial charge in [-0.25, -0.2) is 9.97 Å². The Labute approximate surface area is 212 Å². The first-order chi connectivity index (χ1) is 17.2. The third-order valence-electron chi connectivity index (χ3n) is 6.53. The van der Waals surface area contributed by atoms with E-state index in [1.165, 1.54) is 18.5 Å². The quantitative estimate of drug-likeness (QED) is 0.359. The normalized spacial score (nSPS) is 18.9. The van der Waals surface area contributed by atoms with E-state index in [2.05, 4.69) is 27.2 Å². The van der Waals surface area contributed by atoms with Crippen LogP contribution < -0.4 is 10.6 Å². The van der Waals surface area contributed by atoms with Crippen LogP contribution in [0, 0.1) is 0 Å². The molecule has 188 valence electrons. The van der Waals surface area contributed by atoms with Crippen LogP contribution in [0.5, 0.6) is 0 Å². The van der Waals surface area contributed by atoms with E-state index in [4.69, 9.17) is 11.6 Å². The van der Waals surface area contributed by atoms with Crippen molar-refractivity contribution in [1.29, 1.82) is 0 Å². The highest BCUT2D eigenvalue weighted by atomic mass is 35.5. The average Bonchev–Trinajstić information content (AvgIpc) is 2.88. The van der Waals surface area contributed by atoms with Crippen LogP contribution in [0.4, 0.5) is 13.2 Å². The van der Waals surface area contributed by atoms with Gasteiger partial charge in [0, 0.05) is 23.5 Å². The van der Waals surface area contributed by atoms with Gasteiger partial charge in [0.25, 0.3) is 5.91 Å². The third-order valence-corrected chi connectivity index (χ3v) is 6.93. The maximum absolute atomic E-state index is 13.4. The lowest BCUT2D eigenvalue weighted by Crippen LogP contribution is -2.57. The van der Waals surface area contributed by atoms with Crippen LogP contribution >= 0.6 is 11.6 Å². The molecule has 2 N–H and O–H groups in total. The van der Waals surface area contributed by atoms with Crippen molar-refractivity contribution in [2.45, 2.75) is 43.4 Å². The Morgan fingerprint density at radius 1 is 1.17 bits per heavy atom. The molecule has 1 aliphatic rings. The van der Waals surface area contributed by atoms with E-state index in [0.29, 0.717) is 6.42 Å². The summed E-state index contributed by atoms with van der Waals surface area (Å²) in [6.45, 7) is 4.66. The van der Waals surface area contributed by atoms with E-state index in [1.807, 2.05) is 24.3 Å². The van der Waals surface area contributed by atoms with Gasteiger partial charge in [0.15, 0.2) is 0 Å². The first-order valence-electron chi connectivity index (χ1n) is 11.6. The number of nitrogens with zero attached hydrogens (tertiary/aromatic N) is 2. The molecule has 5 nitrogen and oxygen atoms in total. The van der Waals surface area contributed by atoms with E-state index in [-0.39, 0.29) is 5.56 Å². The summed E-state index contributed by atoms with van der Waals surface area (Å²) in [5, 5.41) is 5.97. The fourth-order valence-corrected chi connectivity index (χ4v) is 5.13. The second-order valence-electron chi connectivity index (χ2n) is 8.86. The van der Waals surface area contributed by atoms with Crippen LogP contribution in [-0.4, -0.2) is 28.0 Å². The van der Waals surface area contributed by atoms with E-state index in [9.17, 15) is 18.0 Å². The molecule has 0 aliphatic carbocycles. The lowest BCUT2D eigenvalue weighted by atomic mass is 9.76. The summed E-state index contributed by atoms with van der Waals surface area (Å²) in [5.74, 6) is -0.680. The van der Waals surface area contributed by atoms with E-state index >= 15 is 0 Å². The van der Waals surface area contributed by atoms with Crippen molar-refractivity contribution in [1.82, 2.24) is 20.6 Å². The van der Waals surface area contributed by atoms with Gasteiger partial charge in [-0.05, 0) is 55.1 Å². The molecular weight excluding hydrogens is 489 g/mol. The van der Waals surface area contributed by atoms with Gasteiger partial charge in [0.2, 0.25) is 0 Å². The van der Waals surface area contributed by atoms with Crippen molar-refractivity contribution in [2.24, 2.45) is 0 Å². The predicted molar refractivity (Wildman–Crippen MR) is 134 cm³/mol. The van der Waals surface area contributed by atoms with Crippen LogP contribution in [0.2, 0.25) is 5.02 Å². The molecule has 1 aliphatic heterocycles. The summed E-state index contributed by atoms with van der Waals surface area (Å²) in [4.78, 5) is 21.6. The van der Waals surface area contributed by atoms with Gasteiger partial charge >= 0.3 is 6.18 Å². The second-order valence-corrected chi connectivity index (χ2v) is 9.23. The molecule has 0 unspecified atom stereocenters. The average molecular weight is 515 g/mol. The van der Waals surface area contributed by atoms with E-state index in [1.54, 1.807) is 18.5 Å². The zero-order chi connectivity index (χ0) is 25.8. The number of carbonyl (C=O) groups is 1. The molecule has 3 aromatic rings. The van der Waals surface area contributed by atoms with Crippen LogP contribution in [0.1, 0.15) is 53.2 Å². The summed E-state index contributed by atoms with van der Waals surface area (Å²) < 4.78 is 40.3. The zero-order valence-electron chi connectivity index (χ0n) is 19.5. The number of piperidine rings is 1. The molecule has 0 bridgehead atoms. The molecule has 36 heavy (non-hydrogen) atoms. The van der Waals surface area contributed by atoms with Gasteiger partial charge in [-0.1, -0.05) is 48.4 Å². The Morgan fingerprint density at radius 3 is 2.58 bits per heavy atom. The smallest absolute Gasteiger partial charge is 0.343 e. The van der Waals surface area contributed by atoms with Gasteiger partial charge in [-0.15, -0.1) is 6.58 Å². The van der Waals surface area contributed by atoms with Crippen LogP contribution in [0.25, 0.3) is 11.1 Å². The highest BCUT2D eigenvalue weighted by Crippen LogP contribution is 2.39. The molecule has 1 saturated heterocycles. The molecule has 9 heteroatoms. The summed E-state index contributed by atoms with van der Waals surface area (Å²) in [5.41, 5.74) is 0.609. The molecule has 2 aromatic carbocycles. The highest BCUT2D eigenvalue weighted by Gasteiger charge is 2.41. The monoisotopic (exact) mass is 514 g/mol. The summed E-state index contributed by atoms with van der Waals surface area (Å²) in [7, 11) is 0. The van der Waals surface area contributed by atoms with Gasteiger partial charge in [-0.2, -0.15) is 13.2 Å². The standard InChI is InChI=1S/C27H26ClF3N4O/c1-2-11-26(12-3-4-13-34-26)24(19-8-5-7-18(14-19)20-15-32-17-33-16-20)35-25(36)21-9-6-10-22(23(21)28)27(29,30)31/h2,5-10,14-17,24,34H,1,3-4,11-13H2,(H,35,36)/t24-,26+/m0/s1. The number of hydrogen-bond donors (Lipinski definition) is 2. The lowest BCUT2D eigenvalue weighted by Gasteiger charge is -2.45. The molecule has 0 saturated carbocycles. The largest absolute Gasteiger partial charge is 0.417 e. The minimum absolute atomic E-state index is 0.228. The van der Waals surface area contributed by atoms with Gasteiger partial charge in [0.05, 0.1) is 22.2 Å². The highest BCUT2D eigenvalue weighted by molar-refractivity contribution is 6.34. The minimum Gasteiger partial charge on any atom is -0.343 e. The van der Waals surface area contributed by atoms with Crippen LogP contribution in [0.15, 0.2) is 73.8 Å². The third kappa shape index (κ3) is 5.44. The number of amides is 1. The topological polar surface area (TPSA) is 66.9 Å². The van der Waals surface area contributed by atoms with E-state index in [0.717, 1.165) is 48.6 Å². The molecule has 4 rings (SSSR count). The number of halogens is 4. The molecular formula is C27H26ClF3N4O. The molecule has 2 atom stereocenters. The van der Waals surface area contributed by atoms with Crippen LogP contribution in [-0.2, 0) is 6.18 Å². The lowest BCUT2D eigenvalue weighted by molar-refractivity contribution is -0.137. The molecule has 1 amide bonds. The first-order valence-corrected chi connectivity index (χ1v) is 12.0. The Kier molecular flexibility index (Phi) is 7.76. The van der Waals surface area contributed by atoms with Gasteiger partial charge in [0.1, 0.15) is 6.33 Å². The maximum Gasteiger partial charge on any atom is 0.417 e. The fourth-order valence-electron chi connectivity index (χ4n) is 4.81. The van der Waals surface area contributed by atoms with Gasteiger partial charge < -0.3 is 10.6 Å². The van der Waals surface area contributed by atoms with Crippen molar-refractivity contribution in [3.8, 4) is 11.1 Å². The number of nitrogens with one attached hydrogen (secondary N) is 2. The number of hydrogen-bond acceptors (Lipinski definition) is 4. The number of aromatic nitrogens is 2. The second kappa shape index (κ2) is 10.8. The Bertz CT molecular complexity index is 1230. The predicted octanol–water partition coefficient (Wildman–Crippen LogP) is 6.38. The molecule has 0 spiro atoms. The van der Waals surface area contributed by atoms with E-state index < -0.39 is 34.3 Å². The molecule has 1 fully saturated rings. The van der Waals surface area contributed by atoms with Gasteiger partial charge in [-0.3, -0.25) is 4.79 Å². The maximum atomic E-state index is 13.4. The van der Waals surface area contributed by atoms with Crippen molar-refractivity contribution < 1.29 is 18.0 Å².